The Labute approximate surface area is 120 Å². The number of hydrogen-bond acceptors (Lipinski definition) is 2. The maximum Gasteiger partial charge on any atom is 0.137 e. The van der Waals surface area contributed by atoms with Gasteiger partial charge in [0.1, 0.15) is 18.2 Å². The molecule has 0 aliphatic carbocycles. The zero-order valence-corrected chi connectivity index (χ0v) is 12.2. The number of nitrogens with two attached hydrogens (primary N) is 1. The molecular formula is C15H15BrFNO. The van der Waals surface area contributed by atoms with E-state index < -0.39 is 0 Å². The summed E-state index contributed by atoms with van der Waals surface area (Å²) < 4.78 is 19.2. The minimum absolute atomic E-state index is 0.0245. The highest BCUT2D eigenvalue weighted by molar-refractivity contribution is 9.10. The molecule has 0 radical (unpaired) electrons. The van der Waals surface area contributed by atoms with Gasteiger partial charge in [0.2, 0.25) is 0 Å². The summed E-state index contributed by atoms with van der Waals surface area (Å²) in [6, 6.07) is 12.5. The third-order valence-electron chi connectivity index (χ3n) is 2.77. The maximum absolute atomic E-state index is 13.1. The molecule has 0 heterocycles. The topological polar surface area (TPSA) is 35.2 Å². The molecule has 0 aliphatic heterocycles. The Morgan fingerprint density at radius 1 is 1.26 bits per heavy atom. The molecule has 2 rings (SSSR count). The van der Waals surface area contributed by atoms with Crippen molar-refractivity contribution in [3.05, 3.63) is 63.9 Å². The molecule has 2 nitrogen and oxygen atoms in total. The summed E-state index contributed by atoms with van der Waals surface area (Å²) in [7, 11) is 0. The molecule has 0 aromatic heterocycles. The van der Waals surface area contributed by atoms with E-state index in [1.807, 2.05) is 31.2 Å². The molecule has 1 atom stereocenters. The van der Waals surface area contributed by atoms with Crippen molar-refractivity contribution in [2.45, 2.75) is 19.6 Å². The second kappa shape index (κ2) is 6.17. The van der Waals surface area contributed by atoms with Crippen molar-refractivity contribution < 1.29 is 9.13 Å². The van der Waals surface area contributed by atoms with Crippen molar-refractivity contribution in [1.82, 2.24) is 0 Å². The van der Waals surface area contributed by atoms with Gasteiger partial charge < -0.3 is 10.5 Å². The Balaban J connectivity index is 2.05. The molecule has 4 heteroatoms. The summed E-state index contributed by atoms with van der Waals surface area (Å²) in [5, 5.41) is 0. The lowest BCUT2D eigenvalue weighted by molar-refractivity contribution is 0.305. The summed E-state index contributed by atoms with van der Waals surface area (Å²) >= 11 is 3.16. The van der Waals surface area contributed by atoms with Crippen molar-refractivity contribution in [2.75, 3.05) is 0 Å². The van der Waals surface area contributed by atoms with Crippen molar-refractivity contribution >= 4 is 15.9 Å². The van der Waals surface area contributed by atoms with Crippen LogP contribution in [0, 0.1) is 5.82 Å². The first-order valence-electron chi connectivity index (χ1n) is 5.98. The van der Waals surface area contributed by atoms with Gasteiger partial charge in [-0.05, 0) is 58.2 Å². The first-order valence-corrected chi connectivity index (χ1v) is 6.78. The number of ether oxygens (including phenoxy) is 1. The molecule has 0 bridgehead atoms. The van der Waals surface area contributed by atoms with E-state index in [0.29, 0.717) is 11.1 Å². The third-order valence-corrected chi connectivity index (χ3v) is 3.38. The van der Waals surface area contributed by atoms with Crippen LogP contribution in [0.1, 0.15) is 24.1 Å². The number of rotatable bonds is 4. The van der Waals surface area contributed by atoms with Gasteiger partial charge in [0.25, 0.3) is 0 Å². The van der Waals surface area contributed by atoms with Crippen LogP contribution in [0.5, 0.6) is 5.75 Å². The molecule has 0 amide bonds. The van der Waals surface area contributed by atoms with E-state index in [9.17, 15) is 4.39 Å². The molecule has 0 fully saturated rings. The molecule has 100 valence electrons. The van der Waals surface area contributed by atoms with Gasteiger partial charge in [-0.15, -0.1) is 0 Å². The van der Waals surface area contributed by atoms with Crippen LogP contribution in [-0.4, -0.2) is 0 Å². The van der Waals surface area contributed by atoms with Crippen LogP contribution in [0.3, 0.4) is 0 Å². The number of benzene rings is 2. The fourth-order valence-electron chi connectivity index (χ4n) is 1.68. The summed E-state index contributed by atoms with van der Waals surface area (Å²) in [6.07, 6.45) is 0. The van der Waals surface area contributed by atoms with Gasteiger partial charge in [-0.1, -0.05) is 18.2 Å². The van der Waals surface area contributed by atoms with Crippen LogP contribution in [0.4, 0.5) is 4.39 Å². The minimum atomic E-state index is -0.275. The lowest BCUT2D eigenvalue weighted by atomic mass is 10.1. The average molecular weight is 324 g/mol. The Morgan fingerprint density at radius 3 is 2.74 bits per heavy atom. The zero-order valence-electron chi connectivity index (χ0n) is 10.6. The Hall–Kier alpha value is -1.39. The zero-order chi connectivity index (χ0) is 13.8. The van der Waals surface area contributed by atoms with Crippen LogP contribution in [0.2, 0.25) is 0 Å². The lowest BCUT2D eigenvalue weighted by Crippen LogP contribution is -2.05. The van der Waals surface area contributed by atoms with Gasteiger partial charge in [0.15, 0.2) is 0 Å². The summed E-state index contributed by atoms with van der Waals surface area (Å²) in [5.41, 5.74) is 7.75. The van der Waals surface area contributed by atoms with Crippen molar-refractivity contribution in [3.63, 3.8) is 0 Å². The van der Waals surface area contributed by atoms with Gasteiger partial charge in [0.05, 0.1) is 4.47 Å². The Morgan fingerprint density at radius 2 is 2.05 bits per heavy atom. The van der Waals surface area contributed by atoms with Crippen LogP contribution in [-0.2, 0) is 6.61 Å². The van der Waals surface area contributed by atoms with Crippen LogP contribution in [0.25, 0.3) is 0 Å². The second-order valence-corrected chi connectivity index (χ2v) is 5.25. The molecular weight excluding hydrogens is 309 g/mol. The minimum Gasteiger partial charge on any atom is -0.489 e. The fraction of sp³-hybridized carbons (Fsp3) is 0.200. The Kier molecular flexibility index (Phi) is 4.56. The third kappa shape index (κ3) is 3.78. The highest BCUT2D eigenvalue weighted by Gasteiger charge is 2.03. The summed E-state index contributed by atoms with van der Waals surface area (Å²) in [4.78, 5) is 0. The maximum atomic E-state index is 13.1. The van der Waals surface area contributed by atoms with Crippen LogP contribution in [0.15, 0.2) is 46.9 Å². The SMILES string of the molecule is C[C@@H](N)c1cccc(OCc2ccc(F)c(Br)c2)c1. The smallest absolute Gasteiger partial charge is 0.137 e. The van der Waals surface area contributed by atoms with E-state index in [4.69, 9.17) is 10.5 Å². The van der Waals surface area contributed by atoms with E-state index in [0.717, 1.165) is 16.9 Å². The van der Waals surface area contributed by atoms with Crippen LogP contribution < -0.4 is 10.5 Å². The highest BCUT2D eigenvalue weighted by atomic mass is 79.9. The van der Waals surface area contributed by atoms with E-state index >= 15 is 0 Å². The largest absolute Gasteiger partial charge is 0.489 e. The van der Waals surface area contributed by atoms with E-state index in [1.54, 1.807) is 12.1 Å². The molecule has 0 saturated heterocycles. The molecule has 2 aromatic carbocycles. The fourth-order valence-corrected chi connectivity index (χ4v) is 2.11. The van der Waals surface area contributed by atoms with E-state index in [2.05, 4.69) is 15.9 Å². The molecule has 0 spiro atoms. The van der Waals surface area contributed by atoms with E-state index in [-0.39, 0.29) is 11.9 Å². The average Bonchev–Trinajstić information content (AvgIpc) is 2.40. The molecule has 2 aromatic rings. The van der Waals surface area contributed by atoms with Crippen molar-refractivity contribution in [1.29, 1.82) is 0 Å². The molecule has 0 aliphatic rings. The molecule has 0 unspecified atom stereocenters. The predicted octanol–water partition coefficient (Wildman–Crippen LogP) is 4.19. The first-order chi connectivity index (χ1) is 9.06. The molecule has 2 N–H and O–H groups in total. The monoisotopic (exact) mass is 323 g/mol. The van der Waals surface area contributed by atoms with Gasteiger partial charge >= 0.3 is 0 Å². The van der Waals surface area contributed by atoms with Gasteiger partial charge in [0, 0.05) is 6.04 Å². The standard InChI is InChI=1S/C15H15BrFNO/c1-10(18)12-3-2-4-13(8-12)19-9-11-5-6-15(17)14(16)7-11/h2-8,10H,9,18H2,1H3/t10-/m1/s1. The molecule has 0 saturated carbocycles. The molecule has 19 heavy (non-hydrogen) atoms. The van der Waals surface area contributed by atoms with Gasteiger partial charge in [-0.2, -0.15) is 0 Å². The number of hydrogen-bond donors (Lipinski definition) is 1. The first kappa shape index (κ1) is 14.0. The van der Waals surface area contributed by atoms with Crippen LogP contribution >= 0.6 is 15.9 Å². The predicted molar refractivity (Wildman–Crippen MR) is 77.5 cm³/mol. The highest BCUT2D eigenvalue weighted by Crippen LogP contribution is 2.21. The van der Waals surface area contributed by atoms with Crippen molar-refractivity contribution in [3.8, 4) is 5.75 Å². The Bertz CT molecular complexity index is 572. The van der Waals surface area contributed by atoms with Gasteiger partial charge in [-0.25, -0.2) is 4.39 Å². The summed E-state index contributed by atoms with van der Waals surface area (Å²) in [5.74, 6) is 0.484. The summed E-state index contributed by atoms with van der Waals surface area (Å²) in [6.45, 7) is 2.32. The van der Waals surface area contributed by atoms with E-state index in [1.165, 1.54) is 6.07 Å². The number of halogens is 2. The quantitative estimate of drug-likeness (QED) is 0.915. The van der Waals surface area contributed by atoms with Crippen molar-refractivity contribution in [2.24, 2.45) is 5.73 Å². The normalized spacial score (nSPS) is 12.2. The lowest BCUT2D eigenvalue weighted by Gasteiger charge is -2.10. The van der Waals surface area contributed by atoms with Gasteiger partial charge in [-0.3, -0.25) is 0 Å². The second-order valence-electron chi connectivity index (χ2n) is 4.40.